The molecule has 0 bridgehead atoms. The number of nitrogens with zero attached hydrogens (tertiary/aromatic N) is 1. The predicted octanol–water partition coefficient (Wildman–Crippen LogP) is 1.61. The molecule has 1 aromatic rings. The van der Waals surface area contributed by atoms with Gasteiger partial charge in [0.15, 0.2) is 0 Å². The van der Waals surface area contributed by atoms with Crippen molar-refractivity contribution < 1.29 is 26.0 Å². The first-order valence-electron chi connectivity index (χ1n) is 4.63. The van der Waals surface area contributed by atoms with Crippen molar-refractivity contribution in [3.05, 3.63) is 16.7 Å². The molecule has 1 aromatic heterocycles. The smallest absolute Gasteiger partial charge is 0.320 e. The van der Waals surface area contributed by atoms with E-state index in [9.17, 15) is 26.0 Å². The van der Waals surface area contributed by atoms with Crippen molar-refractivity contribution in [3.8, 4) is 0 Å². The lowest BCUT2D eigenvalue weighted by Gasteiger charge is -2.16. The molecule has 0 fully saturated rings. The minimum Gasteiger partial charge on any atom is -0.383 e. The normalized spacial score (nSPS) is 12.9. The number of aromatic nitrogens is 1. The highest BCUT2D eigenvalue weighted by Gasteiger charge is 2.41. The maximum atomic E-state index is 12.6. The van der Waals surface area contributed by atoms with Gasteiger partial charge in [0.1, 0.15) is 10.7 Å². The van der Waals surface area contributed by atoms with Crippen LogP contribution in [0.15, 0.2) is 21.6 Å². The molecule has 0 amide bonds. The Morgan fingerprint density at radius 3 is 2.58 bits per heavy atom. The summed E-state index contributed by atoms with van der Waals surface area (Å²) in [5.41, 5.74) is 5.29. The Labute approximate surface area is 114 Å². The van der Waals surface area contributed by atoms with E-state index in [1.165, 1.54) is 10.9 Å². The topological polar surface area (TPSA) is 85.1 Å². The van der Waals surface area contributed by atoms with E-state index in [4.69, 9.17) is 5.73 Å². The van der Waals surface area contributed by atoms with Crippen LogP contribution in [-0.2, 0) is 10.0 Å². The molecule has 0 aromatic carbocycles. The molecule has 5 nitrogen and oxygen atoms in total. The Morgan fingerprint density at radius 2 is 2.05 bits per heavy atom. The molecule has 11 heteroatoms. The van der Waals surface area contributed by atoms with Crippen molar-refractivity contribution in [2.24, 2.45) is 0 Å². The van der Waals surface area contributed by atoms with Gasteiger partial charge in [-0.25, -0.2) is 26.9 Å². The van der Waals surface area contributed by atoms with Crippen molar-refractivity contribution in [2.45, 2.75) is 17.2 Å². The van der Waals surface area contributed by atoms with E-state index >= 15 is 0 Å². The van der Waals surface area contributed by atoms with Crippen LogP contribution in [0, 0.1) is 0 Å². The van der Waals surface area contributed by atoms with Gasteiger partial charge in [0, 0.05) is 10.7 Å². The van der Waals surface area contributed by atoms with Crippen molar-refractivity contribution in [1.82, 2.24) is 9.71 Å². The Hall–Kier alpha value is -0.940. The number of hydrogen-bond donors (Lipinski definition) is 2. The van der Waals surface area contributed by atoms with Crippen LogP contribution < -0.4 is 10.5 Å². The van der Waals surface area contributed by atoms with Gasteiger partial charge in [0.05, 0.1) is 6.54 Å². The van der Waals surface area contributed by atoms with Crippen molar-refractivity contribution in [1.29, 1.82) is 0 Å². The summed E-state index contributed by atoms with van der Waals surface area (Å²) in [6.45, 7) is -1.74. The first-order chi connectivity index (χ1) is 8.56. The molecule has 3 N–H and O–H groups in total. The van der Waals surface area contributed by atoms with E-state index in [2.05, 4.69) is 20.9 Å². The van der Waals surface area contributed by atoms with Crippen LogP contribution in [0.1, 0.15) is 0 Å². The van der Waals surface area contributed by atoms with Gasteiger partial charge in [-0.2, -0.15) is 8.78 Å². The number of sulfonamides is 1. The molecule has 1 rings (SSSR count). The molecule has 1 heterocycles. The number of nitrogens with two attached hydrogens (primary N) is 1. The molecule has 108 valence electrons. The number of halogens is 5. The van der Waals surface area contributed by atoms with Crippen LogP contribution in [0.5, 0.6) is 0 Å². The summed E-state index contributed by atoms with van der Waals surface area (Å²) in [7, 11) is -4.46. The summed E-state index contributed by atoms with van der Waals surface area (Å²) in [6.07, 6.45) is -2.78. The number of nitrogens with one attached hydrogen (secondary N) is 1. The third kappa shape index (κ3) is 4.01. The molecule has 0 aliphatic rings. The zero-order chi connectivity index (χ0) is 14.8. The molecule has 0 atom stereocenters. The number of hydrogen-bond acceptors (Lipinski definition) is 4. The van der Waals surface area contributed by atoms with Gasteiger partial charge in [-0.1, -0.05) is 0 Å². The van der Waals surface area contributed by atoms with E-state index in [0.717, 1.165) is 6.07 Å². The molecule has 0 aliphatic carbocycles. The number of alkyl halides is 4. The second kappa shape index (κ2) is 5.59. The highest BCUT2D eigenvalue weighted by atomic mass is 79.9. The number of nitrogen functional groups attached to an aromatic ring is 1. The summed E-state index contributed by atoms with van der Waals surface area (Å²) in [4.78, 5) is 2.92. The SMILES string of the molecule is Nc1ncc(Br)cc1S(=O)(=O)NCC(F)(F)C(F)F. The average molecular weight is 366 g/mol. The Bertz CT molecular complexity index is 567. The first-order valence-corrected chi connectivity index (χ1v) is 6.90. The van der Waals surface area contributed by atoms with Crippen molar-refractivity contribution in [2.75, 3.05) is 12.3 Å². The lowest BCUT2D eigenvalue weighted by molar-refractivity contribution is -0.122. The fraction of sp³-hybridized carbons (Fsp3) is 0.375. The summed E-state index contributed by atoms with van der Waals surface area (Å²) in [6, 6.07) is 1.02. The zero-order valence-electron chi connectivity index (χ0n) is 9.08. The lowest BCUT2D eigenvalue weighted by atomic mass is 10.4. The van der Waals surface area contributed by atoms with Crippen LogP contribution in [0.3, 0.4) is 0 Å². The van der Waals surface area contributed by atoms with Gasteiger partial charge >= 0.3 is 12.3 Å². The fourth-order valence-electron chi connectivity index (χ4n) is 0.993. The van der Waals surface area contributed by atoms with Crippen LogP contribution in [0.25, 0.3) is 0 Å². The summed E-state index contributed by atoms with van der Waals surface area (Å²) < 4.78 is 74.0. The van der Waals surface area contributed by atoms with E-state index < -0.39 is 39.6 Å². The fourth-order valence-corrected chi connectivity index (χ4v) is 2.62. The second-order valence-corrected chi connectivity index (χ2v) is 6.07. The number of pyridine rings is 1. The van der Waals surface area contributed by atoms with Gasteiger partial charge < -0.3 is 5.73 Å². The maximum absolute atomic E-state index is 12.6. The van der Waals surface area contributed by atoms with Gasteiger partial charge in [-0.15, -0.1) is 0 Å². The van der Waals surface area contributed by atoms with Crippen LogP contribution in [0.2, 0.25) is 0 Å². The largest absolute Gasteiger partial charge is 0.383 e. The highest BCUT2D eigenvalue weighted by molar-refractivity contribution is 9.10. The van der Waals surface area contributed by atoms with Crippen molar-refractivity contribution in [3.63, 3.8) is 0 Å². The van der Waals surface area contributed by atoms with Gasteiger partial charge in [-0.3, -0.25) is 0 Å². The molecule has 0 unspecified atom stereocenters. The standard InChI is InChI=1S/C8H8BrF4N3O2S/c9-4-1-5(6(14)15-2-4)19(17,18)16-3-8(12,13)7(10)11/h1-2,7,16H,3H2,(H2,14,15). The predicted molar refractivity (Wildman–Crippen MR) is 62.5 cm³/mol. The van der Waals surface area contributed by atoms with Gasteiger partial charge in [0.2, 0.25) is 10.0 Å². The molecule has 19 heavy (non-hydrogen) atoms. The van der Waals surface area contributed by atoms with Gasteiger partial charge in [0.25, 0.3) is 0 Å². The van der Waals surface area contributed by atoms with Gasteiger partial charge in [-0.05, 0) is 22.0 Å². The number of anilines is 1. The maximum Gasteiger partial charge on any atom is 0.320 e. The first kappa shape index (κ1) is 16.1. The van der Waals surface area contributed by atoms with E-state index in [1.807, 2.05) is 0 Å². The van der Waals surface area contributed by atoms with Crippen molar-refractivity contribution >= 4 is 31.8 Å². The highest BCUT2D eigenvalue weighted by Crippen LogP contribution is 2.24. The Morgan fingerprint density at radius 1 is 1.47 bits per heavy atom. The Kier molecular flexibility index (Phi) is 4.74. The third-order valence-electron chi connectivity index (χ3n) is 1.96. The van der Waals surface area contributed by atoms with E-state index in [0.29, 0.717) is 0 Å². The monoisotopic (exact) mass is 365 g/mol. The van der Waals surface area contributed by atoms with Crippen LogP contribution >= 0.6 is 15.9 Å². The summed E-state index contributed by atoms with van der Waals surface area (Å²) >= 11 is 2.92. The van der Waals surface area contributed by atoms with E-state index in [1.54, 1.807) is 0 Å². The minimum absolute atomic E-state index is 0.239. The molecular weight excluding hydrogens is 358 g/mol. The second-order valence-electron chi connectivity index (χ2n) is 3.42. The van der Waals surface area contributed by atoms with Crippen LogP contribution in [-0.4, -0.2) is 32.3 Å². The van der Waals surface area contributed by atoms with E-state index in [-0.39, 0.29) is 4.47 Å². The quantitative estimate of drug-likeness (QED) is 0.776. The lowest BCUT2D eigenvalue weighted by Crippen LogP contribution is -2.41. The number of rotatable bonds is 5. The molecule has 0 spiro atoms. The van der Waals surface area contributed by atoms with Crippen LogP contribution in [0.4, 0.5) is 23.4 Å². The Balaban J connectivity index is 2.97. The molecule has 0 saturated heterocycles. The minimum atomic E-state index is -4.47. The zero-order valence-corrected chi connectivity index (χ0v) is 11.5. The molecule has 0 aliphatic heterocycles. The molecule has 0 saturated carbocycles. The summed E-state index contributed by atoms with van der Waals surface area (Å²) in [5, 5.41) is 0. The summed E-state index contributed by atoms with van der Waals surface area (Å²) in [5.74, 6) is -4.91. The third-order valence-corrected chi connectivity index (χ3v) is 3.82. The average Bonchev–Trinajstić information content (AvgIpc) is 2.30. The molecular formula is C8H8BrF4N3O2S. The molecule has 0 radical (unpaired) electrons.